The number of aromatic nitrogens is 1. The summed E-state index contributed by atoms with van der Waals surface area (Å²) in [6.45, 7) is 8.76. The predicted octanol–water partition coefficient (Wildman–Crippen LogP) is 2.90. The molecule has 0 spiro atoms. The number of carbonyl (C=O) groups excluding carboxylic acids is 1. The normalized spacial score (nSPS) is 12.2. The van der Waals surface area contributed by atoms with Crippen LogP contribution in [0.15, 0.2) is 24.3 Å². The molecular weight excluding hydrogens is 292 g/mol. The van der Waals surface area contributed by atoms with Gasteiger partial charge < -0.3 is 20.1 Å². The Morgan fingerprint density at radius 2 is 1.91 bits per heavy atom. The molecule has 0 aliphatic heterocycles. The van der Waals surface area contributed by atoms with Gasteiger partial charge in [0.05, 0.1) is 5.56 Å². The van der Waals surface area contributed by atoms with E-state index in [4.69, 9.17) is 0 Å². The predicted molar refractivity (Wildman–Crippen MR) is 90.0 cm³/mol. The van der Waals surface area contributed by atoms with Crippen LogP contribution in [0.4, 0.5) is 0 Å². The average Bonchev–Trinajstić information content (AvgIpc) is 2.77. The van der Waals surface area contributed by atoms with Gasteiger partial charge in [-0.3, -0.25) is 4.79 Å². The van der Waals surface area contributed by atoms with Gasteiger partial charge in [-0.25, -0.2) is 0 Å². The fourth-order valence-corrected chi connectivity index (χ4v) is 2.92. The minimum absolute atomic E-state index is 0.0869. The molecule has 0 saturated heterocycles. The molecule has 1 aromatic carbocycles. The summed E-state index contributed by atoms with van der Waals surface area (Å²) in [7, 11) is 0. The number of hydrogen-bond acceptors (Lipinski definition) is 3. The number of aryl methyl sites for hydroxylation is 1. The molecule has 0 fully saturated rings. The highest BCUT2D eigenvalue weighted by Crippen LogP contribution is 2.25. The molecule has 0 bridgehead atoms. The van der Waals surface area contributed by atoms with E-state index in [1.807, 2.05) is 26.8 Å². The largest absolute Gasteiger partial charge is 0.504 e. The molecule has 5 heteroatoms. The molecule has 23 heavy (non-hydrogen) atoms. The van der Waals surface area contributed by atoms with Crippen molar-refractivity contribution >= 4 is 5.91 Å². The fraction of sp³-hybridized carbons (Fsp3) is 0.389. The molecule has 0 aliphatic rings. The van der Waals surface area contributed by atoms with E-state index in [1.165, 1.54) is 12.1 Å². The van der Waals surface area contributed by atoms with Gasteiger partial charge >= 0.3 is 0 Å². The van der Waals surface area contributed by atoms with Gasteiger partial charge in [-0.1, -0.05) is 6.07 Å². The smallest absolute Gasteiger partial charge is 0.253 e. The number of phenolic OH excluding ortho intramolecular Hbond substituents is 2. The first kappa shape index (κ1) is 16.9. The first-order chi connectivity index (χ1) is 10.8. The molecule has 124 valence electrons. The maximum Gasteiger partial charge on any atom is 0.253 e. The van der Waals surface area contributed by atoms with Crippen LogP contribution in [0.2, 0.25) is 0 Å². The molecular formula is C18H24N2O3. The SMILES string of the molecule is CCn1c(C)cc(C(=O)N[C@@H](C)Cc2ccc(O)c(O)c2)c1C. The molecule has 1 amide bonds. The lowest BCUT2D eigenvalue weighted by Gasteiger charge is -2.14. The number of phenols is 2. The Kier molecular flexibility index (Phi) is 4.98. The minimum Gasteiger partial charge on any atom is -0.504 e. The van der Waals surface area contributed by atoms with Crippen LogP contribution in [-0.2, 0) is 13.0 Å². The van der Waals surface area contributed by atoms with Gasteiger partial charge in [0.2, 0.25) is 0 Å². The van der Waals surface area contributed by atoms with Gasteiger partial charge in [0.25, 0.3) is 5.91 Å². The maximum atomic E-state index is 12.5. The van der Waals surface area contributed by atoms with E-state index in [0.717, 1.165) is 23.5 Å². The summed E-state index contributed by atoms with van der Waals surface area (Å²) >= 11 is 0. The summed E-state index contributed by atoms with van der Waals surface area (Å²) in [5.74, 6) is -0.377. The Morgan fingerprint density at radius 3 is 2.48 bits per heavy atom. The second kappa shape index (κ2) is 6.77. The number of nitrogens with one attached hydrogen (secondary N) is 1. The Morgan fingerprint density at radius 1 is 1.22 bits per heavy atom. The van der Waals surface area contributed by atoms with Gasteiger partial charge in [-0.2, -0.15) is 0 Å². The third-order valence-electron chi connectivity index (χ3n) is 4.09. The van der Waals surface area contributed by atoms with E-state index in [-0.39, 0.29) is 23.4 Å². The van der Waals surface area contributed by atoms with Crippen molar-refractivity contribution in [1.29, 1.82) is 0 Å². The molecule has 1 aromatic heterocycles. The van der Waals surface area contributed by atoms with Gasteiger partial charge in [0.1, 0.15) is 0 Å². The Labute approximate surface area is 136 Å². The number of carbonyl (C=O) groups is 1. The number of benzene rings is 1. The second-order valence-corrected chi connectivity index (χ2v) is 5.93. The molecule has 0 radical (unpaired) electrons. The van der Waals surface area contributed by atoms with Crippen LogP contribution in [0.25, 0.3) is 0 Å². The van der Waals surface area contributed by atoms with Crippen LogP contribution in [-0.4, -0.2) is 26.7 Å². The molecule has 0 unspecified atom stereocenters. The maximum absolute atomic E-state index is 12.5. The molecule has 0 saturated carbocycles. The molecule has 2 aromatic rings. The standard InChI is InChI=1S/C18H24N2O3/c1-5-20-12(3)9-15(13(20)4)18(23)19-11(2)8-14-6-7-16(21)17(22)10-14/h6-7,9-11,21-22H,5,8H2,1-4H3,(H,19,23)/t11-/m0/s1. The van der Waals surface area contributed by atoms with E-state index >= 15 is 0 Å². The summed E-state index contributed by atoms with van der Waals surface area (Å²) in [4.78, 5) is 12.5. The van der Waals surface area contributed by atoms with Gasteiger partial charge in [-0.15, -0.1) is 0 Å². The topological polar surface area (TPSA) is 74.5 Å². The fourth-order valence-electron chi connectivity index (χ4n) is 2.92. The molecule has 3 N–H and O–H groups in total. The summed E-state index contributed by atoms with van der Waals surface area (Å²) in [5, 5.41) is 21.8. The zero-order valence-corrected chi connectivity index (χ0v) is 14.1. The van der Waals surface area contributed by atoms with Crippen LogP contribution in [0.3, 0.4) is 0 Å². The molecule has 5 nitrogen and oxygen atoms in total. The summed E-state index contributed by atoms with van der Waals surface area (Å²) in [6.07, 6.45) is 0.575. The number of amides is 1. The van der Waals surface area contributed by atoms with Crippen LogP contribution < -0.4 is 5.32 Å². The van der Waals surface area contributed by atoms with E-state index in [2.05, 4.69) is 16.8 Å². The monoisotopic (exact) mass is 316 g/mol. The highest BCUT2D eigenvalue weighted by Gasteiger charge is 2.17. The minimum atomic E-state index is -0.146. The van der Waals surface area contributed by atoms with Crippen molar-refractivity contribution in [2.75, 3.05) is 0 Å². The molecule has 0 aliphatic carbocycles. The quantitative estimate of drug-likeness (QED) is 0.743. The van der Waals surface area contributed by atoms with Crippen molar-refractivity contribution in [2.45, 2.75) is 46.7 Å². The van der Waals surface area contributed by atoms with Crippen LogP contribution in [0.1, 0.15) is 41.2 Å². The lowest BCUT2D eigenvalue weighted by molar-refractivity contribution is 0.0939. The van der Waals surface area contributed by atoms with Gasteiger partial charge in [0, 0.05) is 24.0 Å². The highest BCUT2D eigenvalue weighted by atomic mass is 16.3. The summed E-state index contributed by atoms with van der Waals surface area (Å²) < 4.78 is 2.11. The van der Waals surface area contributed by atoms with E-state index in [1.54, 1.807) is 6.07 Å². The Bertz CT molecular complexity index is 719. The van der Waals surface area contributed by atoms with Crippen molar-refractivity contribution in [3.63, 3.8) is 0 Å². The molecule has 2 rings (SSSR count). The number of nitrogens with zero attached hydrogens (tertiary/aromatic N) is 1. The van der Waals surface area contributed by atoms with E-state index in [0.29, 0.717) is 12.0 Å². The van der Waals surface area contributed by atoms with Crippen LogP contribution in [0, 0.1) is 13.8 Å². The first-order valence-electron chi connectivity index (χ1n) is 7.82. The van der Waals surface area contributed by atoms with E-state index in [9.17, 15) is 15.0 Å². The zero-order chi connectivity index (χ0) is 17.1. The number of hydrogen-bond donors (Lipinski definition) is 3. The van der Waals surface area contributed by atoms with Crippen molar-refractivity contribution < 1.29 is 15.0 Å². The lowest BCUT2D eigenvalue weighted by Crippen LogP contribution is -2.34. The van der Waals surface area contributed by atoms with Crippen molar-refractivity contribution in [3.05, 3.63) is 46.8 Å². The number of aromatic hydroxyl groups is 2. The van der Waals surface area contributed by atoms with Gasteiger partial charge in [-0.05, 0) is 57.9 Å². The highest BCUT2D eigenvalue weighted by molar-refractivity contribution is 5.95. The third-order valence-corrected chi connectivity index (χ3v) is 4.09. The van der Waals surface area contributed by atoms with Gasteiger partial charge in [0.15, 0.2) is 11.5 Å². The summed E-state index contributed by atoms with van der Waals surface area (Å²) in [6, 6.07) is 6.53. The third kappa shape index (κ3) is 3.67. The van der Waals surface area contributed by atoms with E-state index < -0.39 is 0 Å². The average molecular weight is 316 g/mol. The zero-order valence-electron chi connectivity index (χ0n) is 14.1. The van der Waals surface area contributed by atoms with Crippen LogP contribution >= 0.6 is 0 Å². The summed E-state index contributed by atoms with van der Waals surface area (Å²) in [5.41, 5.74) is 3.60. The lowest BCUT2D eigenvalue weighted by atomic mass is 10.1. The first-order valence-corrected chi connectivity index (χ1v) is 7.82. The van der Waals surface area contributed by atoms with Crippen LogP contribution in [0.5, 0.6) is 11.5 Å². The molecule has 1 heterocycles. The van der Waals surface area contributed by atoms with Crippen molar-refractivity contribution in [2.24, 2.45) is 0 Å². The van der Waals surface area contributed by atoms with Crippen molar-refractivity contribution in [3.8, 4) is 11.5 Å². The second-order valence-electron chi connectivity index (χ2n) is 5.93. The molecule has 1 atom stereocenters. The van der Waals surface area contributed by atoms with Crippen molar-refractivity contribution in [1.82, 2.24) is 9.88 Å². The Balaban J connectivity index is 2.06. The Hall–Kier alpha value is -2.43. The number of rotatable bonds is 5.